The van der Waals surface area contributed by atoms with Gasteiger partial charge in [0.1, 0.15) is 0 Å². The summed E-state index contributed by atoms with van der Waals surface area (Å²) in [5, 5.41) is 0. The minimum atomic E-state index is 0.0664. The topological polar surface area (TPSA) is 26.0 Å². The molecule has 1 aliphatic carbocycles. The van der Waals surface area contributed by atoms with Crippen molar-refractivity contribution >= 4 is 0 Å². The lowest BCUT2D eigenvalue weighted by molar-refractivity contribution is 0.659. The molecule has 1 nitrogen and oxygen atoms in total. The molecule has 1 heteroatoms. The second-order valence-corrected chi connectivity index (χ2v) is 5.44. The lowest BCUT2D eigenvalue weighted by Crippen LogP contribution is -2.26. The summed E-state index contributed by atoms with van der Waals surface area (Å²) in [4.78, 5) is 0. The molecular formula is C16H25N. The van der Waals surface area contributed by atoms with Crippen molar-refractivity contribution in [1.29, 1.82) is 0 Å². The van der Waals surface area contributed by atoms with Crippen LogP contribution in [-0.2, 0) is 0 Å². The lowest BCUT2D eigenvalue weighted by atomic mass is 9.86. The van der Waals surface area contributed by atoms with E-state index in [1.54, 1.807) is 0 Å². The molecule has 1 unspecified atom stereocenters. The molecule has 17 heavy (non-hydrogen) atoms. The highest BCUT2D eigenvalue weighted by Crippen LogP contribution is 2.26. The van der Waals surface area contributed by atoms with Crippen LogP contribution in [0.1, 0.15) is 41.0 Å². The van der Waals surface area contributed by atoms with Crippen LogP contribution in [0.2, 0.25) is 0 Å². The zero-order valence-corrected chi connectivity index (χ0v) is 11.7. The van der Waals surface area contributed by atoms with Crippen LogP contribution in [-0.4, -0.2) is 6.04 Å². The van der Waals surface area contributed by atoms with Crippen molar-refractivity contribution in [3.05, 3.63) is 46.6 Å². The molecule has 0 aromatic carbocycles. The Bertz CT molecular complexity index is 390. The Morgan fingerprint density at radius 3 is 2.53 bits per heavy atom. The molecule has 2 N–H and O–H groups in total. The SMILES string of the molecule is CC(C)=C/C=C(\C)C(N)C1=CC(C)=C[C@H](C)C1. The van der Waals surface area contributed by atoms with E-state index in [2.05, 4.69) is 58.9 Å². The predicted molar refractivity (Wildman–Crippen MR) is 76.8 cm³/mol. The number of hydrogen-bond donors (Lipinski definition) is 1. The Labute approximate surface area is 106 Å². The fraction of sp³-hybridized carbons (Fsp3) is 0.500. The van der Waals surface area contributed by atoms with Gasteiger partial charge in [-0.3, -0.25) is 0 Å². The first-order valence-electron chi connectivity index (χ1n) is 6.36. The highest BCUT2D eigenvalue weighted by atomic mass is 14.6. The molecule has 0 heterocycles. The maximum Gasteiger partial charge on any atom is 0.0473 e. The summed E-state index contributed by atoms with van der Waals surface area (Å²) >= 11 is 0. The van der Waals surface area contributed by atoms with E-state index in [0.29, 0.717) is 5.92 Å². The minimum Gasteiger partial charge on any atom is -0.321 e. The quantitative estimate of drug-likeness (QED) is 0.726. The van der Waals surface area contributed by atoms with Crippen LogP contribution in [0.4, 0.5) is 0 Å². The lowest BCUT2D eigenvalue weighted by Gasteiger charge is -2.23. The Morgan fingerprint density at radius 2 is 2.00 bits per heavy atom. The predicted octanol–water partition coefficient (Wildman–Crippen LogP) is 4.14. The molecule has 1 aliphatic rings. The number of rotatable bonds is 3. The molecule has 0 amide bonds. The van der Waals surface area contributed by atoms with E-state index >= 15 is 0 Å². The van der Waals surface area contributed by atoms with Gasteiger partial charge in [-0.05, 0) is 45.6 Å². The van der Waals surface area contributed by atoms with Gasteiger partial charge in [-0.15, -0.1) is 0 Å². The molecule has 0 saturated carbocycles. The average molecular weight is 231 g/mol. The van der Waals surface area contributed by atoms with Crippen LogP contribution in [0.25, 0.3) is 0 Å². The van der Waals surface area contributed by atoms with E-state index in [1.807, 2.05) is 0 Å². The summed E-state index contributed by atoms with van der Waals surface area (Å²) in [5.74, 6) is 0.609. The first kappa shape index (κ1) is 14.0. The molecular weight excluding hydrogens is 206 g/mol. The van der Waals surface area contributed by atoms with Crippen LogP contribution in [0, 0.1) is 5.92 Å². The number of allylic oxidation sites excluding steroid dienone is 6. The Hall–Kier alpha value is -1.08. The summed E-state index contributed by atoms with van der Waals surface area (Å²) in [6, 6.07) is 0.0664. The molecule has 0 aliphatic heterocycles. The van der Waals surface area contributed by atoms with Crippen molar-refractivity contribution in [2.45, 2.75) is 47.1 Å². The fourth-order valence-corrected chi connectivity index (χ4v) is 2.19. The molecule has 0 aromatic rings. The molecule has 1 rings (SSSR count). The molecule has 0 saturated heterocycles. The zero-order valence-electron chi connectivity index (χ0n) is 11.7. The highest BCUT2D eigenvalue weighted by molar-refractivity contribution is 5.36. The van der Waals surface area contributed by atoms with E-state index in [1.165, 1.54) is 22.3 Å². The van der Waals surface area contributed by atoms with Gasteiger partial charge in [0.15, 0.2) is 0 Å². The van der Waals surface area contributed by atoms with Crippen molar-refractivity contribution in [3.8, 4) is 0 Å². The van der Waals surface area contributed by atoms with E-state index < -0.39 is 0 Å². The van der Waals surface area contributed by atoms with Crippen LogP contribution in [0.5, 0.6) is 0 Å². The van der Waals surface area contributed by atoms with Gasteiger partial charge in [0.25, 0.3) is 0 Å². The number of hydrogen-bond acceptors (Lipinski definition) is 1. The standard InChI is InChI=1S/C16H25N/c1-11(2)6-7-14(5)16(17)15-9-12(3)8-13(4)10-15/h6-9,13,16H,10,17H2,1-5H3/b14-7+/t13-,16?/m0/s1. The van der Waals surface area contributed by atoms with Crippen molar-refractivity contribution in [3.63, 3.8) is 0 Å². The summed E-state index contributed by atoms with van der Waals surface area (Å²) < 4.78 is 0. The van der Waals surface area contributed by atoms with Crippen molar-refractivity contribution in [2.75, 3.05) is 0 Å². The van der Waals surface area contributed by atoms with Crippen LogP contribution in [0.15, 0.2) is 46.6 Å². The zero-order chi connectivity index (χ0) is 13.0. The van der Waals surface area contributed by atoms with Crippen LogP contribution in [0.3, 0.4) is 0 Å². The van der Waals surface area contributed by atoms with Gasteiger partial charge in [0, 0.05) is 6.04 Å². The summed E-state index contributed by atoms with van der Waals surface area (Å²) in [7, 11) is 0. The molecule has 94 valence electrons. The maximum atomic E-state index is 6.31. The fourth-order valence-electron chi connectivity index (χ4n) is 2.19. The van der Waals surface area contributed by atoms with E-state index in [4.69, 9.17) is 5.73 Å². The largest absolute Gasteiger partial charge is 0.321 e. The molecule has 0 bridgehead atoms. The monoisotopic (exact) mass is 231 g/mol. The summed E-state index contributed by atoms with van der Waals surface area (Å²) in [5.41, 5.74) is 11.5. The summed E-state index contributed by atoms with van der Waals surface area (Å²) in [6.45, 7) is 10.7. The van der Waals surface area contributed by atoms with Crippen LogP contribution < -0.4 is 5.73 Å². The van der Waals surface area contributed by atoms with Crippen molar-refractivity contribution < 1.29 is 0 Å². The van der Waals surface area contributed by atoms with Crippen LogP contribution >= 0.6 is 0 Å². The van der Waals surface area contributed by atoms with E-state index in [-0.39, 0.29) is 6.04 Å². The third-order valence-electron chi connectivity index (χ3n) is 3.09. The van der Waals surface area contributed by atoms with Crippen molar-refractivity contribution in [2.24, 2.45) is 11.7 Å². The first-order valence-corrected chi connectivity index (χ1v) is 6.36. The Balaban J connectivity index is 2.84. The second kappa shape index (κ2) is 6.02. The van der Waals surface area contributed by atoms with Crippen molar-refractivity contribution in [1.82, 2.24) is 0 Å². The smallest absolute Gasteiger partial charge is 0.0473 e. The van der Waals surface area contributed by atoms with E-state index in [0.717, 1.165) is 6.42 Å². The van der Waals surface area contributed by atoms with Gasteiger partial charge in [0.2, 0.25) is 0 Å². The second-order valence-electron chi connectivity index (χ2n) is 5.44. The van der Waals surface area contributed by atoms with Gasteiger partial charge < -0.3 is 5.73 Å². The minimum absolute atomic E-state index is 0.0664. The maximum absolute atomic E-state index is 6.31. The third-order valence-corrected chi connectivity index (χ3v) is 3.09. The van der Waals surface area contributed by atoms with E-state index in [9.17, 15) is 0 Å². The molecule has 2 atom stereocenters. The normalized spacial score (nSPS) is 22.7. The Kier molecular flexibility index (Phi) is 4.95. The Morgan fingerprint density at radius 1 is 1.35 bits per heavy atom. The molecule has 0 aromatic heterocycles. The third kappa shape index (κ3) is 4.35. The van der Waals surface area contributed by atoms with Gasteiger partial charge in [0.05, 0.1) is 0 Å². The highest BCUT2D eigenvalue weighted by Gasteiger charge is 2.16. The van der Waals surface area contributed by atoms with Gasteiger partial charge >= 0.3 is 0 Å². The average Bonchev–Trinajstić information content (AvgIpc) is 2.23. The van der Waals surface area contributed by atoms with Gasteiger partial charge in [-0.25, -0.2) is 0 Å². The summed E-state index contributed by atoms with van der Waals surface area (Å²) in [6.07, 6.45) is 9.90. The number of nitrogens with two attached hydrogens (primary N) is 1. The van der Waals surface area contributed by atoms with Gasteiger partial charge in [-0.2, -0.15) is 0 Å². The van der Waals surface area contributed by atoms with Gasteiger partial charge in [-0.1, -0.05) is 47.9 Å². The molecule has 0 fully saturated rings. The molecule has 0 radical (unpaired) electrons. The first-order chi connectivity index (χ1) is 7.90. The molecule has 0 spiro atoms.